The zero-order valence-electron chi connectivity index (χ0n) is 21.2. The van der Waals surface area contributed by atoms with E-state index < -0.39 is 23.6 Å². The fourth-order valence-electron chi connectivity index (χ4n) is 4.46. The second-order valence-corrected chi connectivity index (χ2v) is 9.30. The molecule has 202 valence electrons. The first kappa shape index (κ1) is 26.5. The van der Waals surface area contributed by atoms with Gasteiger partial charge in [-0.3, -0.25) is 15.1 Å². The number of aryl methyl sites for hydroxylation is 2. The van der Waals surface area contributed by atoms with E-state index in [-0.39, 0.29) is 34.0 Å². The number of anilines is 3. The number of fused-ring (bicyclic) bond motifs is 1. The van der Waals surface area contributed by atoms with Crippen LogP contribution in [0.1, 0.15) is 32.6 Å². The minimum Gasteiger partial charge on any atom is -0.505 e. The highest BCUT2D eigenvalue weighted by Gasteiger charge is 2.39. The number of halogens is 3. The third kappa shape index (κ3) is 4.75. The number of aromatic carboxylic acids is 1. The van der Waals surface area contributed by atoms with Crippen LogP contribution in [-0.2, 0) is 11.0 Å². The summed E-state index contributed by atoms with van der Waals surface area (Å²) in [5, 5.41) is 24.4. The Bertz CT molecular complexity index is 1710. The molecule has 0 atom stereocenters. The molecule has 0 fully saturated rings. The number of carboxylic acids is 1. The third-order valence-electron chi connectivity index (χ3n) is 6.72. The predicted octanol–water partition coefficient (Wildman–Crippen LogP) is 6.89. The zero-order chi connectivity index (χ0) is 28.8. The molecule has 0 saturated carbocycles. The van der Waals surface area contributed by atoms with Crippen molar-refractivity contribution in [3.05, 3.63) is 107 Å². The lowest BCUT2D eigenvalue weighted by Crippen LogP contribution is -2.26. The standard InChI is InChI=1S/C30H22F3N3O4/c1-16-9-11-21(13-17(16)2)36-25-15-20(30(31,32)33)10-12-23(25)26(28(36)38)35-34-24-8-4-7-22(27(24)37)18-5-3-6-19(14-18)29(39)40/h3-15,34,37H,1-2H3,(H,39,40). The minimum absolute atomic E-state index is 0.0343. The van der Waals surface area contributed by atoms with Gasteiger partial charge in [-0.05, 0) is 79.1 Å². The second kappa shape index (κ2) is 9.88. The highest BCUT2D eigenvalue weighted by atomic mass is 19.4. The highest BCUT2D eigenvalue weighted by molar-refractivity contribution is 6.55. The summed E-state index contributed by atoms with van der Waals surface area (Å²) in [6.45, 7) is 3.72. The predicted molar refractivity (Wildman–Crippen MR) is 145 cm³/mol. The van der Waals surface area contributed by atoms with Gasteiger partial charge >= 0.3 is 12.1 Å². The summed E-state index contributed by atoms with van der Waals surface area (Å²) < 4.78 is 40.7. The number of phenols is 1. The Labute approximate surface area is 226 Å². The van der Waals surface area contributed by atoms with Crippen molar-refractivity contribution in [2.24, 2.45) is 5.10 Å². The fraction of sp³-hybridized carbons (Fsp3) is 0.100. The molecular weight excluding hydrogens is 523 g/mol. The molecule has 0 unspecified atom stereocenters. The summed E-state index contributed by atoms with van der Waals surface area (Å²) in [6.07, 6.45) is -4.62. The molecule has 1 aliphatic rings. The number of benzene rings is 4. The van der Waals surface area contributed by atoms with Crippen molar-refractivity contribution in [3.63, 3.8) is 0 Å². The van der Waals surface area contributed by atoms with Gasteiger partial charge < -0.3 is 10.2 Å². The summed E-state index contributed by atoms with van der Waals surface area (Å²) in [5.74, 6) is -2.02. The number of nitrogens with zero attached hydrogens (tertiary/aromatic N) is 2. The summed E-state index contributed by atoms with van der Waals surface area (Å²) in [5.41, 5.74) is 4.95. The monoisotopic (exact) mass is 545 g/mol. The number of para-hydroxylation sites is 1. The first-order valence-electron chi connectivity index (χ1n) is 12.1. The average Bonchev–Trinajstić information content (AvgIpc) is 3.19. The number of carbonyl (C=O) groups is 2. The lowest BCUT2D eigenvalue weighted by Gasteiger charge is -2.19. The average molecular weight is 546 g/mol. The van der Waals surface area contributed by atoms with E-state index in [1.165, 1.54) is 29.2 Å². The van der Waals surface area contributed by atoms with E-state index in [1.807, 2.05) is 13.8 Å². The van der Waals surface area contributed by atoms with Gasteiger partial charge in [0.05, 0.1) is 22.5 Å². The van der Waals surface area contributed by atoms with Crippen molar-refractivity contribution < 1.29 is 33.0 Å². The van der Waals surface area contributed by atoms with E-state index in [1.54, 1.807) is 42.5 Å². The van der Waals surface area contributed by atoms with Crippen LogP contribution in [0.2, 0.25) is 0 Å². The smallest absolute Gasteiger partial charge is 0.416 e. The number of carboxylic acid groups (broad SMARTS) is 1. The Kier molecular flexibility index (Phi) is 6.54. The number of alkyl halides is 3. The van der Waals surface area contributed by atoms with Crippen LogP contribution in [0.5, 0.6) is 5.75 Å². The van der Waals surface area contributed by atoms with Crippen LogP contribution in [0, 0.1) is 13.8 Å². The van der Waals surface area contributed by atoms with Crippen LogP contribution in [0.3, 0.4) is 0 Å². The maximum Gasteiger partial charge on any atom is 0.416 e. The van der Waals surface area contributed by atoms with Crippen LogP contribution in [0.25, 0.3) is 11.1 Å². The second-order valence-electron chi connectivity index (χ2n) is 9.30. The van der Waals surface area contributed by atoms with Crippen molar-refractivity contribution in [1.29, 1.82) is 0 Å². The highest BCUT2D eigenvalue weighted by Crippen LogP contribution is 2.41. The van der Waals surface area contributed by atoms with Crippen molar-refractivity contribution in [2.75, 3.05) is 10.3 Å². The number of carbonyl (C=O) groups excluding carboxylic acids is 1. The molecule has 40 heavy (non-hydrogen) atoms. The minimum atomic E-state index is -4.62. The van der Waals surface area contributed by atoms with Gasteiger partial charge in [0, 0.05) is 16.8 Å². The molecule has 1 aliphatic heterocycles. The molecule has 0 radical (unpaired) electrons. The molecule has 4 aromatic carbocycles. The Morgan fingerprint density at radius 1 is 0.900 bits per heavy atom. The van der Waals surface area contributed by atoms with Crippen LogP contribution in [0.15, 0.2) is 84.0 Å². The third-order valence-corrected chi connectivity index (χ3v) is 6.72. The van der Waals surface area contributed by atoms with E-state index in [0.717, 1.165) is 23.3 Å². The molecule has 0 aromatic heterocycles. The number of hydrogen-bond acceptors (Lipinski definition) is 5. The molecule has 3 N–H and O–H groups in total. The summed E-state index contributed by atoms with van der Waals surface area (Å²) >= 11 is 0. The van der Waals surface area contributed by atoms with Gasteiger partial charge in [-0.1, -0.05) is 30.3 Å². The molecule has 0 aliphatic carbocycles. The maximum absolute atomic E-state index is 13.6. The first-order valence-corrected chi connectivity index (χ1v) is 12.1. The van der Waals surface area contributed by atoms with E-state index in [9.17, 15) is 33.0 Å². The van der Waals surface area contributed by atoms with Gasteiger partial charge in [0.1, 0.15) is 5.75 Å². The number of hydrazone groups is 1. The van der Waals surface area contributed by atoms with Crippen molar-refractivity contribution in [1.82, 2.24) is 0 Å². The number of phenolic OH excluding ortho intramolecular Hbond substituents is 1. The molecule has 7 nitrogen and oxygen atoms in total. The molecule has 0 saturated heterocycles. The van der Waals surface area contributed by atoms with Crippen molar-refractivity contribution in [3.8, 4) is 16.9 Å². The van der Waals surface area contributed by atoms with E-state index >= 15 is 0 Å². The quantitative estimate of drug-likeness (QED) is 0.187. The van der Waals surface area contributed by atoms with Gasteiger partial charge in [-0.25, -0.2) is 4.79 Å². The van der Waals surface area contributed by atoms with E-state index in [0.29, 0.717) is 16.8 Å². The number of amides is 1. The lowest BCUT2D eigenvalue weighted by molar-refractivity contribution is -0.137. The molecular formula is C30H22F3N3O4. The topological polar surface area (TPSA) is 102 Å². The van der Waals surface area contributed by atoms with Gasteiger partial charge in [-0.2, -0.15) is 18.3 Å². The molecule has 0 bridgehead atoms. The van der Waals surface area contributed by atoms with Crippen LogP contribution in [0.4, 0.5) is 30.2 Å². The van der Waals surface area contributed by atoms with E-state index in [4.69, 9.17) is 0 Å². The molecule has 1 heterocycles. The van der Waals surface area contributed by atoms with Crippen molar-refractivity contribution >= 4 is 34.7 Å². The normalized spacial score (nSPS) is 14.0. The molecule has 0 spiro atoms. The lowest BCUT2D eigenvalue weighted by atomic mass is 10.0. The Morgan fingerprint density at radius 2 is 1.65 bits per heavy atom. The first-order chi connectivity index (χ1) is 19.0. The summed E-state index contributed by atoms with van der Waals surface area (Å²) in [7, 11) is 0. The summed E-state index contributed by atoms with van der Waals surface area (Å²) in [4.78, 5) is 26.1. The van der Waals surface area contributed by atoms with Crippen LogP contribution in [-0.4, -0.2) is 27.8 Å². The van der Waals surface area contributed by atoms with Gasteiger partial charge in [0.2, 0.25) is 0 Å². The molecule has 5 rings (SSSR count). The maximum atomic E-state index is 13.6. The number of aromatic hydroxyl groups is 1. The Morgan fingerprint density at radius 3 is 2.35 bits per heavy atom. The number of rotatable bonds is 5. The number of nitrogens with one attached hydrogen (secondary N) is 1. The SMILES string of the molecule is Cc1ccc(N2C(=O)C(=NNc3cccc(-c4cccc(C(=O)O)c4)c3O)c3ccc(C(F)(F)F)cc32)cc1C. The van der Waals surface area contributed by atoms with E-state index in [2.05, 4.69) is 10.5 Å². The van der Waals surface area contributed by atoms with Gasteiger partial charge in [0.25, 0.3) is 5.91 Å². The Hall–Kier alpha value is -5.12. The van der Waals surface area contributed by atoms with Gasteiger partial charge in [0.15, 0.2) is 5.71 Å². The van der Waals surface area contributed by atoms with Gasteiger partial charge in [-0.15, -0.1) is 0 Å². The zero-order valence-corrected chi connectivity index (χ0v) is 21.2. The van der Waals surface area contributed by atoms with Crippen LogP contribution >= 0.6 is 0 Å². The fourth-order valence-corrected chi connectivity index (χ4v) is 4.46. The molecule has 10 heteroatoms. The molecule has 1 amide bonds. The molecule has 4 aromatic rings. The number of hydrogen-bond donors (Lipinski definition) is 3. The summed E-state index contributed by atoms with van der Waals surface area (Å²) in [6, 6.07) is 18.8. The largest absolute Gasteiger partial charge is 0.505 e. The Balaban J connectivity index is 1.56. The van der Waals surface area contributed by atoms with Crippen molar-refractivity contribution in [2.45, 2.75) is 20.0 Å². The van der Waals surface area contributed by atoms with Crippen LogP contribution < -0.4 is 10.3 Å².